The molecule has 0 aliphatic carbocycles. The lowest BCUT2D eigenvalue weighted by Gasteiger charge is -2.06. The van der Waals surface area contributed by atoms with Gasteiger partial charge >= 0.3 is 11.9 Å². The van der Waals surface area contributed by atoms with E-state index in [0.29, 0.717) is 23.1 Å². The number of H-pyrrole nitrogens is 2. The highest BCUT2D eigenvalue weighted by molar-refractivity contribution is 6.03. The molecule has 8 heteroatoms. The molecule has 0 spiro atoms. The standard InChI is InChI=1S/C33H38N4O4/c1-9-20-17(4)24-13-23-16(3)11-27(34-23)22(12-30(38)40-7)32-31(33(39)41-8)19(6)26(37-32)15-29-21(10-2)18(5)25(36-29)14-28(20)35-24/h13-16,35,37H,9-12H2,1-8H3/t16-/m0/s1. The van der Waals surface area contributed by atoms with Gasteiger partial charge in [-0.2, -0.15) is 0 Å². The summed E-state index contributed by atoms with van der Waals surface area (Å²) in [4.78, 5) is 43.1. The van der Waals surface area contributed by atoms with Crippen LogP contribution in [0, 0.1) is 13.8 Å². The predicted molar refractivity (Wildman–Crippen MR) is 162 cm³/mol. The number of nitrogens with one attached hydrogen (secondary N) is 2. The van der Waals surface area contributed by atoms with Gasteiger partial charge in [0.25, 0.3) is 0 Å². The van der Waals surface area contributed by atoms with Crippen molar-refractivity contribution in [3.63, 3.8) is 0 Å². The Hall–Kier alpha value is -4.20. The first kappa shape index (κ1) is 28.3. The normalized spacial score (nSPS) is 14.9. The highest BCUT2D eigenvalue weighted by Crippen LogP contribution is 2.35. The molecule has 8 bridgehead atoms. The van der Waals surface area contributed by atoms with Gasteiger partial charge in [0.15, 0.2) is 0 Å². The fraction of sp³-hybridized carbons (Fsp3) is 0.394. The number of aryl methyl sites for hydroxylation is 3. The van der Waals surface area contributed by atoms with Crippen LogP contribution in [-0.4, -0.2) is 46.1 Å². The third kappa shape index (κ3) is 4.85. The molecule has 3 aromatic heterocycles. The Balaban J connectivity index is 2.03. The van der Waals surface area contributed by atoms with Crippen LogP contribution in [0.25, 0.3) is 33.2 Å². The van der Waals surface area contributed by atoms with Gasteiger partial charge in [-0.25, -0.2) is 9.78 Å². The molecule has 41 heavy (non-hydrogen) atoms. The zero-order valence-corrected chi connectivity index (χ0v) is 25.2. The lowest BCUT2D eigenvalue weighted by atomic mass is 9.99. The van der Waals surface area contributed by atoms with E-state index in [-0.39, 0.29) is 12.3 Å². The smallest absolute Gasteiger partial charge is 0.340 e. The zero-order chi connectivity index (χ0) is 29.6. The van der Waals surface area contributed by atoms with Gasteiger partial charge in [-0.05, 0) is 86.1 Å². The minimum atomic E-state index is -0.478. The number of esters is 2. The van der Waals surface area contributed by atoms with Crippen molar-refractivity contribution in [3.05, 3.63) is 68.8 Å². The van der Waals surface area contributed by atoms with Crippen LogP contribution < -0.4 is 0 Å². The van der Waals surface area contributed by atoms with Gasteiger partial charge in [0, 0.05) is 39.4 Å². The number of fused-ring (bicyclic) bond motifs is 8. The third-order valence-electron chi connectivity index (χ3n) is 8.55. The van der Waals surface area contributed by atoms with E-state index < -0.39 is 11.9 Å². The van der Waals surface area contributed by atoms with Gasteiger partial charge in [-0.3, -0.25) is 9.78 Å². The van der Waals surface area contributed by atoms with Crippen molar-refractivity contribution in [1.29, 1.82) is 0 Å². The molecule has 0 aromatic carbocycles. The maximum Gasteiger partial charge on any atom is 0.340 e. The fourth-order valence-corrected chi connectivity index (χ4v) is 6.12. The topological polar surface area (TPSA) is 110 Å². The molecule has 0 amide bonds. The average molecular weight is 555 g/mol. The number of carbonyl (C=O) groups is 2. The minimum Gasteiger partial charge on any atom is -0.469 e. The summed E-state index contributed by atoms with van der Waals surface area (Å²) in [7, 11) is 2.73. The molecule has 0 saturated heterocycles. The quantitative estimate of drug-likeness (QED) is 0.340. The van der Waals surface area contributed by atoms with E-state index in [1.165, 1.54) is 25.3 Å². The lowest BCUT2D eigenvalue weighted by Crippen LogP contribution is -2.09. The van der Waals surface area contributed by atoms with E-state index >= 15 is 0 Å². The van der Waals surface area contributed by atoms with Crippen LogP contribution in [0.4, 0.5) is 0 Å². The zero-order valence-electron chi connectivity index (χ0n) is 25.2. The Morgan fingerprint density at radius 3 is 2.24 bits per heavy atom. The summed E-state index contributed by atoms with van der Waals surface area (Å²) in [5.74, 6) is -0.769. The van der Waals surface area contributed by atoms with E-state index in [4.69, 9.17) is 19.4 Å². The van der Waals surface area contributed by atoms with E-state index in [1.54, 1.807) is 0 Å². The molecule has 0 fully saturated rings. The molecule has 2 aliphatic heterocycles. The van der Waals surface area contributed by atoms with Gasteiger partial charge in [0.2, 0.25) is 0 Å². The van der Waals surface area contributed by atoms with E-state index in [9.17, 15) is 9.59 Å². The van der Waals surface area contributed by atoms with E-state index in [0.717, 1.165) is 68.9 Å². The van der Waals surface area contributed by atoms with Gasteiger partial charge in [0.1, 0.15) is 0 Å². The molecule has 1 atom stereocenters. The minimum absolute atomic E-state index is 0.0303. The van der Waals surface area contributed by atoms with Crippen molar-refractivity contribution < 1.29 is 19.1 Å². The summed E-state index contributed by atoms with van der Waals surface area (Å²) in [6.07, 6.45) is 2.29. The maximum atomic E-state index is 13.2. The van der Waals surface area contributed by atoms with Crippen LogP contribution in [0.5, 0.6) is 0 Å². The van der Waals surface area contributed by atoms with Crippen molar-refractivity contribution in [1.82, 2.24) is 19.9 Å². The van der Waals surface area contributed by atoms with Gasteiger partial charge in [-0.1, -0.05) is 20.8 Å². The first-order valence-electron chi connectivity index (χ1n) is 14.2. The second-order valence-electron chi connectivity index (χ2n) is 10.9. The van der Waals surface area contributed by atoms with Gasteiger partial charge in [-0.15, -0.1) is 0 Å². The van der Waals surface area contributed by atoms with E-state index in [1.807, 2.05) is 13.0 Å². The summed E-state index contributed by atoms with van der Waals surface area (Å²) in [5, 5.41) is 0. The predicted octanol–water partition coefficient (Wildman–Crippen LogP) is 6.68. The second-order valence-corrected chi connectivity index (χ2v) is 10.9. The van der Waals surface area contributed by atoms with Crippen molar-refractivity contribution >= 4 is 45.2 Å². The van der Waals surface area contributed by atoms with Crippen LogP contribution in [0.1, 0.15) is 95.4 Å². The van der Waals surface area contributed by atoms with Crippen LogP contribution in [0.3, 0.4) is 0 Å². The number of aromatic amines is 2. The van der Waals surface area contributed by atoms with Crippen LogP contribution in [-0.2, 0) is 33.5 Å². The number of carbonyl (C=O) groups excluding carboxylic acids is 2. The molecule has 0 saturated carbocycles. The molecule has 5 heterocycles. The molecular formula is C33H38N4O4. The first-order chi connectivity index (χ1) is 19.6. The lowest BCUT2D eigenvalue weighted by molar-refractivity contribution is -0.139. The monoisotopic (exact) mass is 554 g/mol. The fourth-order valence-electron chi connectivity index (χ4n) is 6.12. The van der Waals surface area contributed by atoms with Gasteiger partial charge in [0.05, 0.1) is 43.1 Å². The SMILES string of the molecule is CCC1=C(C)c2cc3[nH]c(cc4nc(c(CC(=O)OC)c5[nH]c(cc1n2)c(C)c5C(=O)OC)C[C@@H]4C)c(C)c3CC. The van der Waals surface area contributed by atoms with E-state index in [2.05, 4.69) is 56.7 Å². The number of allylic oxidation sites excluding steroid dienone is 2. The molecule has 2 aliphatic rings. The number of aromatic nitrogens is 4. The Kier molecular flexibility index (Phi) is 7.60. The van der Waals surface area contributed by atoms with Crippen molar-refractivity contribution in [2.75, 3.05) is 14.2 Å². The Morgan fingerprint density at radius 1 is 0.878 bits per heavy atom. The third-order valence-corrected chi connectivity index (χ3v) is 8.55. The first-order valence-corrected chi connectivity index (χ1v) is 14.2. The van der Waals surface area contributed by atoms with Crippen LogP contribution in [0.15, 0.2) is 18.2 Å². The Morgan fingerprint density at radius 2 is 1.59 bits per heavy atom. The summed E-state index contributed by atoms with van der Waals surface area (Å²) < 4.78 is 10.3. The number of hydrogen-bond acceptors (Lipinski definition) is 6. The average Bonchev–Trinajstić information content (AvgIpc) is 3.65. The second kappa shape index (κ2) is 11.0. The summed E-state index contributed by atoms with van der Waals surface area (Å²) in [6, 6.07) is 6.25. The van der Waals surface area contributed by atoms with Crippen molar-refractivity contribution in [2.24, 2.45) is 0 Å². The van der Waals surface area contributed by atoms with Crippen molar-refractivity contribution in [3.8, 4) is 0 Å². The number of ether oxygens (including phenoxy) is 2. The molecule has 3 aromatic rings. The molecule has 0 radical (unpaired) electrons. The number of rotatable bonds is 5. The summed E-state index contributed by atoms with van der Waals surface area (Å²) in [6.45, 7) is 12.6. The number of nitrogens with zero attached hydrogens (tertiary/aromatic N) is 2. The molecule has 8 nitrogen and oxygen atoms in total. The summed E-state index contributed by atoms with van der Waals surface area (Å²) in [5.41, 5.74) is 13.3. The Bertz CT molecular complexity index is 1770. The van der Waals surface area contributed by atoms with Crippen molar-refractivity contribution in [2.45, 2.75) is 73.1 Å². The van der Waals surface area contributed by atoms with Crippen LogP contribution in [0.2, 0.25) is 0 Å². The highest BCUT2D eigenvalue weighted by Gasteiger charge is 2.26. The summed E-state index contributed by atoms with van der Waals surface area (Å²) >= 11 is 0. The van der Waals surface area contributed by atoms with Crippen LogP contribution >= 0.6 is 0 Å². The highest BCUT2D eigenvalue weighted by atomic mass is 16.5. The van der Waals surface area contributed by atoms with Gasteiger partial charge < -0.3 is 19.4 Å². The molecule has 0 unspecified atom stereocenters. The molecule has 214 valence electrons. The maximum absolute atomic E-state index is 13.2. The number of hydrogen-bond donors (Lipinski definition) is 2. The largest absolute Gasteiger partial charge is 0.469 e. The number of methoxy groups -OCH3 is 2. The molecule has 5 rings (SSSR count). The molecular weight excluding hydrogens is 516 g/mol. The Labute approximate surface area is 240 Å². The molecule has 2 N–H and O–H groups in total.